The van der Waals surface area contributed by atoms with Crippen LogP contribution < -0.4 is 11.1 Å². The second-order valence-electron chi connectivity index (χ2n) is 2.55. The second-order valence-corrected chi connectivity index (χ2v) is 4.53. The Bertz CT molecular complexity index is 173. The Balaban J connectivity index is 3.64. The molecule has 2 atom stereocenters. The van der Waals surface area contributed by atoms with Gasteiger partial charge in [0.1, 0.15) is 0 Å². The van der Waals surface area contributed by atoms with Crippen molar-refractivity contribution >= 4 is 16.7 Å². The van der Waals surface area contributed by atoms with E-state index in [1.165, 1.54) is 0 Å². The summed E-state index contributed by atoms with van der Waals surface area (Å²) < 4.78 is 11.2. The highest BCUT2D eigenvalue weighted by Gasteiger charge is 2.09. The summed E-state index contributed by atoms with van der Waals surface area (Å²) in [6.07, 6.45) is 0.313. The van der Waals surface area contributed by atoms with Crippen molar-refractivity contribution in [3.05, 3.63) is 0 Å². The first-order valence-electron chi connectivity index (χ1n) is 3.89. The lowest BCUT2D eigenvalue weighted by atomic mass is 10.5. The maximum atomic E-state index is 11.2. The summed E-state index contributed by atoms with van der Waals surface area (Å²) >= 11 is 0. The third-order valence-electron chi connectivity index (χ3n) is 1.59. The summed E-state index contributed by atoms with van der Waals surface area (Å²) in [5, 5.41) is 2.45. The molecule has 0 radical (unpaired) electrons. The minimum Gasteiger partial charge on any atom is -0.359 e. The molecule has 0 aromatic heterocycles. The van der Waals surface area contributed by atoms with E-state index in [2.05, 4.69) is 5.32 Å². The average Bonchev–Trinajstić information content (AvgIpc) is 2.11. The average molecular weight is 192 g/mol. The molecule has 0 saturated carbocycles. The highest BCUT2D eigenvalue weighted by Crippen LogP contribution is 1.95. The van der Waals surface area contributed by atoms with Crippen LogP contribution in [0.15, 0.2) is 0 Å². The lowest BCUT2D eigenvalue weighted by Gasteiger charge is -2.07. The van der Waals surface area contributed by atoms with E-state index in [9.17, 15) is 9.00 Å². The molecule has 0 aliphatic carbocycles. The van der Waals surface area contributed by atoms with Crippen molar-refractivity contribution in [2.45, 2.75) is 18.6 Å². The van der Waals surface area contributed by atoms with E-state index in [1.54, 1.807) is 7.05 Å². The molecule has 2 unspecified atom stereocenters. The molecule has 0 spiro atoms. The number of rotatable bonds is 5. The highest BCUT2D eigenvalue weighted by atomic mass is 32.2. The van der Waals surface area contributed by atoms with Crippen molar-refractivity contribution in [1.29, 1.82) is 0 Å². The van der Waals surface area contributed by atoms with Crippen LogP contribution >= 0.6 is 0 Å². The monoisotopic (exact) mass is 192 g/mol. The number of amides is 1. The van der Waals surface area contributed by atoms with Crippen LogP contribution in [-0.2, 0) is 15.6 Å². The molecule has 0 bridgehead atoms. The van der Waals surface area contributed by atoms with Gasteiger partial charge in [0.2, 0.25) is 5.91 Å². The van der Waals surface area contributed by atoms with E-state index in [-0.39, 0.29) is 11.2 Å². The molecule has 12 heavy (non-hydrogen) atoms. The number of nitrogens with one attached hydrogen (secondary N) is 1. The number of hydrogen-bond acceptors (Lipinski definition) is 3. The zero-order chi connectivity index (χ0) is 9.56. The summed E-state index contributed by atoms with van der Waals surface area (Å²) in [4.78, 5) is 10.8. The molecule has 1 amide bonds. The largest absolute Gasteiger partial charge is 0.359 e. The zero-order valence-corrected chi connectivity index (χ0v) is 8.32. The Hall–Kier alpha value is -0.420. The molecule has 0 aromatic rings. The van der Waals surface area contributed by atoms with Crippen LogP contribution in [0.25, 0.3) is 0 Å². The molecule has 0 heterocycles. The van der Waals surface area contributed by atoms with E-state index in [4.69, 9.17) is 5.73 Å². The first kappa shape index (κ1) is 11.6. The molecule has 0 aliphatic rings. The third-order valence-corrected chi connectivity index (χ3v) is 3.29. The van der Waals surface area contributed by atoms with Crippen molar-refractivity contribution in [2.75, 3.05) is 19.3 Å². The molecule has 0 fully saturated rings. The maximum Gasteiger partial charge on any atom is 0.220 e. The Labute approximate surface area is 75.4 Å². The van der Waals surface area contributed by atoms with E-state index < -0.39 is 10.8 Å². The van der Waals surface area contributed by atoms with Crippen molar-refractivity contribution in [3.63, 3.8) is 0 Å². The van der Waals surface area contributed by atoms with Gasteiger partial charge in [-0.05, 0) is 6.92 Å². The van der Waals surface area contributed by atoms with Crippen LogP contribution in [0.3, 0.4) is 0 Å². The predicted octanol–water partition coefficient (Wildman–Crippen LogP) is -0.782. The van der Waals surface area contributed by atoms with Gasteiger partial charge in [-0.25, -0.2) is 0 Å². The highest BCUT2D eigenvalue weighted by molar-refractivity contribution is 7.85. The Morgan fingerprint density at radius 2 is 2.25 bits per heavy atom. The molecule has 4 nitrogen and oxygen atoms in total. The van der Waals surface area contributed by atoms with Gasteiger partial charge in [0.15, 0.2) is 0 Å². The molecule has 0 saturated heterocycles. The van der Waals surface area contributed by atoms with E-state index in [1.807, 2.05) is 6.92 Å². The lowest BCUT2D eigenvalue weighted by molar-refractivity contribution is -0.120. The van der Waals surface area contributed by atoms with Crippen LogP contribution in [0.4, 0.5) is 0 Å². The molecule has 0 aromatic carbocycles. The maximum absolute atomic E-state index is 11.2. The fraction of sp³-hybridized carbons (Fsp3) is 0.857. The van der Waals surface area contributed by atoms with Gasteiger partial charge in [-0.2, -0.15) is 0 Å². The van der Waals surface area contributed by atoms with Gasteiger partial charge >= 0.3 is 0 Å². The number of nitrogens with two attached hydrogens (primary N) is 1. The smallest absolute Gasteiger partial charge is 0.220 e. The summed E-state index contributed by atoms with van der Waals surface area (Å²) in [5.41, 5.74) is 5.32. The van der Waals surface area contributed by atoms with Crippen LogP contribution in [-0.4, -0.2) is 34.7 Å². The fourth-order valence-electron chi connectivity index (χ4n) is 0.627. The Kier molecular flexibility index (Phi) is 5.92. The van der Waals surface area contributed by atoms with Gasteiger partial charge in [-0.3, -0.25) is 9.00 Å². The quantitative estimate of drug-likeness (QED) is 0.600. The number of hydrogen-bond donors (Lipinski definition) is 2. The minimum atomic E-state index is -0.973. The molecule has 72 valence electrons. The predicted molar refractivity (Wildman–Crippen MR) is 50.2 cm³/mol. The molecular weight excluding hydrogens is 176 g/mol. The van der Waals surface area contributed by atoms with Crippen molar-refractivity contribution in [2.24, 2.45) is 5.73 Å². The van der Waals surface area contributed by atoms with Crippen LogP contribution in [0.2, 0.25) is 0 Å². The standard InChI is InChI=1S/C7H16N2O2S/c1-6(5-8)12(11)4-3-7(10)9-2/h6H,3-5,8H2,1-2H3,(H,9,10). The van der Waals surface area contributed by atoms with Gasteiger partial charge in [-0.15, -0.1) is 0 Å². The van der Waals surface area contributed by atoms with Crippen LogP contribution in [0.1, 0.15) is 13.3 Å². The summed E-state index contributed by atoms with van der Waals surface area (Å²) in [6, 6.07) is 0. The van der Waals surface area contributed by atoms with Crippen LogP contribution in [0, 0.1) is 0 Å². The van der Waals surface area contributed by atoms with E-state index >= 15 is 0 Å². The van der Waals surface area contributed by atoms with Crippen molar-refractivity contribution < 1.29 is 9.00 Å². The van der Waals surface area contributed by atoms with E-state index in [0.717, 1.165) is 0 Å². The van der Waals surface area contributed by atoms with Gasteiger partial charge in [0, 0.05) is 41.8 Å². The third kappa shape index (κ3) is 4.46. The van der Waals surface area contributed by atoms with Crippen molar-refractivity contribution in [1.82, 2.24) is 5.32 Å². The van der Waals surface area contributed by atoms with Gasteiger partial charge < -0.3 is 11.1 Å². The normalized spacial score (nSPS) is 15.2. The first-order chi connectivity index (χ1) is 5.61. The van der Waals surface area contributed by atoms with Crippen LogP contribution in [0.5, 0.6) is 0 Å². The molecular formula is C7H16N2O2S. The molecule has 3 N–H and O–H groups in total. The molecule has 5 heteroatoms. The lowest BCUT2D eigenvalue weighted by Crippen LogP contribution is -2.26. The molecule has 0 rings (SSSR count). The van der Waals surface area contributed by atoms with E-state index in [0.29, 0.717) is 18.7 Å². The van der Waals surface area contributed by atoms with Gasteiger partial charge in [-0.1, -0.05) is 0 Å². The Morgan fingerprint density at radius 3 is 2.67 bits per heavy atom. The van der Waals surface area contributed by atoms with Crippen molar-refractivity contribution in [3.8, 4) is 0 Å². The second kappa shape index (κ2) is 6.14. The van der Waals surface area contributed by atoms with Gasteiger partial charge in [0.05, 0.1) is 0 Å². The fourth-order valence-corrected chi connectivity index (χ4v) is 1.63. The van der Waals surface area contributed by atoms with Gasteiger partial charge in [0.25, 0.3) is 0 Å². The topological polar surface area (TPSA) is 72.2 Å². The summed E-state index contributed by atoms with van der Waals surface area (Å²) in [6.45, 7) is 2.22. The summed E-state index contributed by atoms with van der Waals surface area (Å²) in [7, 11) is 0.594. The Morgan fingerprint density at radius 1 is 1.67 bits per heavy atom. The number of carbonyl (C=O) groups is 1. The SMILES string of the molecule is CNC(=O)CCS(=O)C(C)CN. The zero-order valence-electron chi connectivity index (χ0n) is 7.50. The minimum absolute atomic E-state index is 0.0188. The molecule has 0 aliphatic heterocycles. The first-order valence-corrected chi connectivity index (χ1v) is 5.27. The summed E-state index contributed by atoms with van der Waals surface area (Å²) in [5.74, 6) is 0.325. The number of carbonyl (C=O) groups excluding carboxylic acids is 1.